The summed E-state index contributed by atoms with van der Waals surface area (Å²) in [5, 5.41) is 20.6. The average molecular weight is 266 g/mol. The third-order valence-electron chi connectivity index (χ3n) is 2.77. The molecule has 0 aliphatic rings. The lowest BCUT2D eigenvalue weighted by atomic mass is 10.1. The molecule has 0 spiro atoms. The maximum absolute atomic E-state index is 11.6. The molecular weight excluding hydrogens is 248 g/mol. The molecule has 0 saturated heterocycles. The molecular formula is C13H18N2O4. The topological polar surface area (TPSA) is 113 Å². The van der Waals surface area contributed by atoms with Crippen LogP contribution in [0.15, 0.2) is 24.3 Å². The van der Waals surface area contributed by atoms with Crippen molar-refractivity contribution < 1.29 is 19.8 Å². The third-order valence-corrected chi connectivity index (χ3v) is 2.77. The fraction of sp³-hybridized carbons (Fsp3) is 0.385. The van der Waals surface area contributed by atoms with E-state index < -0.39 is 24.0 Å². The number of phenolic OH excluding ortho intramolecular Hbond substituents is 1. The highest BCUT2D eigenvalue weighted by molar-refractivity contribution is 5.86. The number of nitrogens with two attached hydrogens (primary N) is 1. The second-order valence-corrected chi connectivity index (χ2v) is 4.28. The Kier molecular flexibility index (Phi) is 5.32. The molecule has 0 aliphatic heterocycles. The normalized spacial score (nSPS) is 13.6. The van der Waals surface area contributed by atoms with Crippen LogP contribution in [-0.4, -0.2) is 34.2 Å². The lowest BCUT2D eigenvalue weighted by molar-refractivity contribution is -0.142. The quantitative estimate of drug-likeness (QED) is 0.589. The van der Waals surface area contributed by atoms with Gasteiger partial charge in [0.05, 0.1) is 6.04 Å². The van der Waals surface area contributed by atoms with Crippen LogP contribution in [0.5, 0.6) is 5.75 Å². The van der Waals surface area contributed by atoms with Crippen molar-refractivity contribution in [1.82, 2.24) is 5.32 Å². The number of carbonyl (C=O) groups is 2. The number of carboxylic acid groups (broad SMARTS) is 1. The van der Waals surface area contributed by atoms with Crippen molar-refractivity contribution in [3.8, 4) is 5.75 Å². The summed E-state index contributed by atoms with van der Waals surface area (Å²) < 4.78 is 0. The van der Waals surface area contributed by atoms with Gasteiger partial charge in [-0.1, -0.05) is 19.1 Å². The third kappa shape index (κ3) is 4.59. The molecule has 0 saturated carbocycles. The standard InChI is InChI=1S/C13H18N2O4/c1-2-10(14)12(17)15-11(13(18)19)7-8-3-5-9(16)6-4-8/h3-6,10-11,16H,2,7,14H2,1H3,(H,15,17)(H,18,19). The lowest BCUT2D eigenvalue weighted by Crippen LogP contribution is -2.49. The van der Waals surface area contributed by atoms with Crippen LogP contribution in [0.1, 0.15) is 18.9 Å². The van der Waals surface area contributed by atoms with E-state index in [0.29, 0.717) is 12.0 Å². The smallest absolute Gasteiger partial charge is 0.326 e. The molecule has 2 atom stereocenters. The second kappa shape index (κ2) is 6.75. The molecule has 2 unspecified atom stereocenters. The van der Waals surface area contributed by atoms with Gasteiger partial charge in [-0.25, -0.2) is 4.79 Å². The molecule has 1 aromatic carbocycles. The predicted octanol–water partition coefficient (Wildman–Crippen LogP) is 0.241. The van der Waals surface area contributed by atoms with Gasteiger partial charge in [-0.2, -0.15) is 0 Å². The number of aliphatic carboxylic acids is 1. The van der Waals surface area contributed by atoms with Crippen LogP contribution in [0.4, 0.5) is 0 Å². The number of benzene rings is 1. The van der Waals surface area contributed by atoms with Gasteiger partial charge in [0.2, 0.25) is 5.91 Å². The number of hydrogen-bond acceptors (Lipinski definition) is 4. The lowest BCUT2D eigenvalue weighted by Gasteiger charge is -2.17. The Morgan fingerprint density at radius 1 is 1.32 bits per heavy atom. The molecule has 6 nitrogen and oxygen atoms in total. The van der Waals surface area contributed by atoms with Crippen LogP contribution < -0.4 is 11.1 Å². The van der Waals surface area contributed by atoms with E-state index in [-0.39, 0.29) is 12.2 Å². The highest BCUT2D eigenvalue weighted by Crippen LogP contribution is 2.11. The van der Waals surface area contributed by atoms with E-state index in [2.05, 4.69) is 5.32 Å². The largest absolute Gasteiger partial charge is 0.508 e. The van der Waals surface area contributed by atoms with Crippen LogP contribution in [0.25, 0.3) is 0 Å². The fourth-order valence-electron chi connectivity index (χ4n) is 1.53. The summed E-state index contributed by atoms with van der Waals surface area (Å²) >= 11 is 0. The first-order valence-corrected chi connectivity index (χ1v) is 6.00. The number of aromatic hydroxyl groups is 1. The predicted molar refractivity (Wildman–Crippen MR) is 69.6 cm³/mol. The highest BCUT2D eigenvalue weighted by atomic mass is 16.4. The first-order valence-electron chi connectivity index (χ1n) is 6.00. The van der Waals surface area contributed by atoms with Gasteiger partial charge in [-0.15, -0.1) is 0 Å². The number of phenols is 1. The van der Waals surface area contributed by atoms with Crippen molar-refractivity contribution in [2.24, 2.45) is 5.73 Å². The summed E-state index contributed by atoms with van der Waals surface area (Å²) in [4.78, 5) is 22.7. The Bertz CT molecular complexity index is 444. The summed E-state index contributed by atoms with van der Waals surface area (Å²) in [6.07, 6.45) is 0.579. The van der Waals surface area contributed by atoms with Crippen LogP contribution in [0.3, 0.4) is 0 Å². The fourth-order valence-corrected chi connectivity index (χ4v) is 1.53. The summed E-state index contributed by atoms with van der Waals surface area (Å²) in [5.41, 5.74) is 6.24. The zero-order valence-corrected chi connectivity index (χ0v) is 10.7. The zero-order chi connectivity index (χ0) is 14.4. The van der Waals surface area contributed by atoms with Gasteiger partial charge in [-0.05, 0) is 24.1 Å². The molecule has 1 amide bonds. The van der Waals surface area contributed by atoms with Gasteiger partial charge >= 0.3 is 5.97 Å². The van der Waals surface area contributed by atoms with Crippen molar-refractivity contribution >= 4 is 11.9 Å². The van der Waals surface area contributed by atoms with E-state index in [9.17, 15) is 9.59 Å². The molecule has 5 N–H and O–H groups in total. The molecule has 6 heteroatoms. The summed E-state index contributed by atoms with van der Waals surface area (Å²) in [6.45, 7) is 1.75. The minimum Gasteiger partial charge on any atom is -0.508 e. The molecule has 1 rings (SSSR count). The van der Waals surface area contributed by atoms with E-state index in [1.165, 1.54) is 12.1 Å². The van der Waals surface area contributed by atoms with Crippen molar-refractivity contribution in [1.29, 1.82) is 0 Å². The van der Waals surface area contributed by atoms with Gasteiger partial charge < -0.3 is 21.3 Å². The van der Waals surface area contributed by atoms with Gasteiger partial charge in [0, 0.05) is 6.42 Å². The Balaban J connectivity index is 2.71. The van der Waals surface area contributed by atoms with Gasteiger partial charge in [-0.3, -0.25) is 4.79 Å². The number of amides is 1. The zero-order valence-electron chi connectivity index (χ0n) is 10.7. The molecule has 0 heterocycles. The van der Waals surface area contributed by atoms with Crippen LogP contribution in [0, 0.1) is 0 Å². The Morgan fingerprint density at radius 2 is 1.89 bits per heavy atom. The van der Waals surface area contributed by atoms with E-state index in [1.54, 1.807) is 19.1 Å². The number of rotatable bonds is 6. The minimum atomic E-state index is -1.12. The Morgan fingerprint density at radius 3 is 2.37 bits per heavy atom. The first-order chi connectivity index (χ1) is 8.93. The van der Waals surface area contributed by atoms with Crippen LogP contribution in [-0.2, 0) is 16.0 Å². The number of nitrogens with one attached hydrogen (secondary N) is 1. The SMILES string of the molecule is CCC(N)C(=O)NC(Cc1ccc(O)cc1)C(=O)O. The molecule has 0 aliphatic carbocycles. The van der Waals surface area contributed by atoms with Crippen LogP contribution in [0.2, 0.25) is 0 Å². The van der Waals surface area contributed by atoms with E-state index in [4.69, 9.17) is 15.9 Å². The molecule has 104 valence electrons. The van der Waals surface area contributed by atoms with Gasteiger partial charge in [0.25, 0.3) is 0 Å². The molecule has 0 aromatic heterocycles. The number of hydrogen-bond donors (Lipinski definition) is 4. The summed E-state index contributed by atoms with van der Waals surface area (Å²) in [5.74, 6) is -1.49. The summed E-state index contributed by atoms with van der Waals surface area (Å²) in [6, 6.07) is 4.41. The van der Waals surface area contributed by atoms with Gasteiger partial charge in [0.1, 0.15) is 11.8 Å². The van der Waals surface area contributed by atoms with Crippen molar-refractivity contribution in [3.05, 3.63) is 29.8 Å². The monoisotopic (exact) mass is 266 g/mol. The van der Waals surface area contributed by atoms with Crippen molar-refractivity contribution in [2.75, 3.05) is 0 Å². The molecule has 19 heavy (non-hydrogen) atoms. The van der Waals surface area contributed by atoms with Gasteiger partial charge in [0.15, 0.2) is 0 Å². The van der Waals surface area contributed by atoms with E-state index >= 15 is 0 Å². The van der Waals surface area contributed by atoms with Crippen molar-refractivity contribution in [2.45, 2.75) is 31.8 Å². The number of carbonyl (C=O) groups excluding carboxylic acids is 1. The second-order valence-electron chi connectivity index (χ2n) is 4.28. The van der Waals surface area contributed by atoms with E-state index in [1.807, 2.05) is 0 Å². The van der Waals surface area contributed by atoms with Crippen molar-refractivity contribution in [3.63, 3.8) is 0 Å². The molecule has 0 radical (unpaired) electrons. The minimum absolute atomic E-state index is 0.104. The Hall–Kier alpha value is -2.08. The van der Waals surface area contributed by atoms with E-state index in [0.717, 1.165) is 0 Å². The molecule has 1 aromatic rings. The Labute approximate surface area is 111 Å². The highest BCUT2D eigenvalue weighted by Gasteiger charge is 2.22. The van der Waals surface area contributed by atoms with Crippen LogP contribution >= 0.6 is 0 Å². The maximum Gasteiger partial charge on any atom is 0.326 e. The molecule has 0 bridgehead atoms. The molecule has 0 fully saturated rings. The maximum atomic E-state index is 11.6. The average Bonchev–Trinajstić information content (AvgIpc) is 2.39. The first kappa shape index (κ1) is 15.0. The summed E-state index contributed by atoms with van der Waals surface area (Å²) in [7, 11) is 0. The number of carboxylic acids is 1.